The second kappa shape index (κ2) is 8.75. The topological polar surface area (TPSA) is 17.3 Å². The summed E-state index contributed by atoms with van der Waals surface area (Å²) in [6.45, 7) is 10.8. The van der Waals surface area contributed by atoms with Crippen molar-refractivity contribution in [2.75, 3.05) is 0 Å². The minimum atomic E-state index is 0. The van der Waals surface area contributed by atoms with E-state index in [0.29, 0.717) is 0 Å². The zero-order chi connectivity index (χ0) is 23.6. The van der Waals surface area contributed by atoms with Gasteiger partial charge in [0, 0.05) is 20.1 Å². The van der Waals surface area contributed by atoms with Crippen molar-refractivity contribution in [2.24, 2.45) is 0 Å². The molecule has 0 fully saturated rings. The zero-order valence-corrected chi connectivity index (χ0v) is 23.1. The Morgan fingerprint density at radius 3 is 2.23 bits per heavy atom. The van der Waals surface area contributed by atoms with Crippen LogP contribution >= 0.6 is 0 Å². The van der Waals surface area contributed by atoms with Crippen LogP contribution in [0.4, 0.5) is 0 Å². The average Bonchev–Trinajstić information content (AvgIpc) is 3.20. The Hall–Kier alpha value is -3.26. The van der Waals surface area contributed by atoms with Gasteiger partial charge in [0.15, 0.2) is 0 Å². The summed E-state index contributed by atoms with van der Waals surface area (Å²) in [6, 6.07) is 30.1. The fraction of sp³-hybridized carbons (Fsp3) is 0.156. The molecule has 2 aromatic heterocycles. The molecule has 35 heavy (non-hydrogen) atoms. The van der Waals surface area contributed by atoms with E-state index < -0.39 is 0 Å². The zero-order valence-electron chi connectivity index (χ0n) is 20.7. The Balaban J connectivity index is 0.00000253. The standard InChI is InChI=1S/C32H27N2.Ir/c1-19-12-14-25(22(4)16-19)27-10-7-11-29-32(27)28-18-24(31-20(2)8-6-9-21(31)3)13-15-26(28)30-17-23(5)33-34(29)30;/h6-10,12-18H,1-5H3;/q-1;. The molecule has 0 amide bonds. The molecule has 6 aromatic rings. The van der Waals surface area contributed by atoms with Gasteiger partial charge in [-0.3, -0.25) is 4.52 Å². The number of benzene rings is 4. The minimum absolute atomic E-state index is 0. The van der Waals surface area contributed by atoms with Crippen molar-refractivity contribution in [1.82, 2.24) is 9.61 Å². The van der Waals surface area contributed by atoms with Crippen LogP contribution in [0.1, 0.15) is 27.9 Å². The molecule has 0 unspecified atom stereocenters. The van der Waals surface area contributed by atoms with Crippen LogP contribution in [0.15, 0.2) is 72.8 Å². The van der Waals surface area contributed by atoms with Crippen molar-refractivity contribution in [1.29, 1.82) is 0 Å². The number of hydrogen-bond acceptors (Lipinski definition) is 1. The maximum Gasteiger partial charge on any atom is 0.0714 e. The normalized spacial score (nSPS) is 11.3. The van der Waals surface area contributed by atoms with Crippen LogP contribution < -0.4 is 0 Å². The molecule has 0 saturated carbocycles. The van der Waals surface area contributed by atoms with Gasteiger partial charge in [-0.25, -0.2) is 0 Å². The van der Waals surface area contributed by atoms with E-state index in [1.807, 2.05) is 6.07 Å². The number of hydrogen-bond donors (Lipinski definition) is 0. The largest absolute Gasteiger partial charge is 0.257 e. The van der Waals surface area contributed by atoms with Gasteiger partial charge in [0.1, 0.15) is 0 Å². The number of aryl methyl sites for hydroxylation is 5. The molecule has 1 radical (unpaired) electrons. The van der Waals surface area contributed by atoms with Gasteiger partial charge in [0.05, 0.1) is 11.2 Å². The number of fused-ring (bicyclic) bond motifs is 6. The monoisotopic (exact) mass is 632 g/mol. The second-order valence-corrected chi connectivity index (χ2v) is 9.54. The predicted octanol–water partition coefficient (Wildman–Crippen LogP) is 8.31. The van der Waals surface area contributed by atoms with Crippen LogP contribution in [0.5, 0.6) is 0 Å². The molecule has 4 aromatic carbocycles. The van der Waals surface area contributed by atoms with Gasteiger partial charge in [-0.15, -0.1) is 5.56 Å². The van der Waals surface area contributed by atoms with Crippen molar-refractivity contribution >= 4 is 27.2 Å². The summed E-state index contributed by atoms with van der Waals surface area (Å²) in [5.41, 5.74) is 13.4. The first-order valence-electron chi connectivity index (χ1n) is 11.8. The summed E-state index contributed by atoms with van der Waals surface area (Å²) in [5.74, 6) is 0. The minimum Gasteiger partial charge on any atom is -0.257 e. The molecule has 0 aliphatic carbocycles. The third-order valence-electron chi connectivity index (χ3n) is 7.03. The molecule has 3 heteroatoms. The Labute approximate surface area is 220 Å². The van der Waals surface area contributed by atoms with Gasteiger partial charge in [-0.05, 0) is 85.0 Å². The molecule has 6 rings (SSSR count). The first kappa shape index (κ1) is 23.5. The van der Waals surface area contributed by atoms with Crippen LogP contribution in [0.25, 0.3) is 49.4 Å². The first-order valence-corrected chi connectivity index (χ1v) is 11.8. The summed E-state index contributed by atoms with van der Waals surface area (Å²) in [7, 11) is 0. The molecule has 0 bridgehead atoms. The summed E-state index contributed by atoms with van der Waals surface area (Å²) >= 11 is 0. The second-order valence-electron chi connectivity index (χ2n) is 9.54. The van der Waals surface area contributed by atoms with Crippen LogP contribution in [-0.4, -0.2) is 9.61 Å². The number of aromatic nitrogens is 2. The summed E-state index contributed by atoms with van der Waals surface area (Å²) in [4.78, 5) is 0. The van der Waals surface area contributed by atoms with Crippen molar-refractivity contribution < 1.29 is 20.1 Å². The molecule has 0 atom stereocenters. The van der Waals surface area contributed by atoms with E-state index in [0.717, 1.165) is 16.7 Å². The van der Waals surface area contributed by atoms with Gasteiger partial charge in [-0.1, -0.05) is 70.9 Å². The third-order valence-corrected chi connectivity index (χ3v) is 7.03. The molecule has 2 nitrogen and oxygen atoms in total. The Morgan fingerprint density at radius 2 is 1.49 bits per heavy atom. The molecule has 0 spiro atoms. The maximum atomic E-state index is 4.86. The third kappa shape index (κ3) is 3.71. The molecule has 0 aliphatic heterocycles. The Morgan fingerprint density at radius 1 is 0.714 bits per heavy atom. The fourth-order valence-corrected chi connectivity index (χ4v) is 5.53. The van der Waals surface area contributed by atoms with Crippen LogP contribution in [-0.2, 0) is 20.1 Å². The molecular weight excluding hydrogens is 605 g/mol. The van der Waals surface area contributed by atoms with E-state index in [1.54, 1.807) is 0 Å². The Bertz CT molecular complexity index is 1740. The first-order chi connectivity index (χ1) is 16.4. The SMILES string of the molecule is Cc1ccc(-c2cc[c-]c3c2c2cc(-c4c(C)cccc4C)ccc2c2cc(C)nn32)c(C)c1.[Ir]. The molecule has 2 heterocycles. The van der Waals surface area contributed by atoms with E-state index in [2.05, 4.69) is 112 Å². The van der Waals surface area contributed by atoms with Gasteiger partial charge in [0.25, 0.3) is 0 Å². The quantitative estimate of drug-likeness (QED) is 0.139. The van der Waals surface area contributed by atoms with Crippen LogP contribution in [0.2, 0.25) is 0 Å². The van der Waals surface area contributed by atoms with Crippen molar-refractivity contribution in [3.05, 3.63) is 107 Å². The van der Waals surface area contributed by atoms with Crippen LogP contribution in [0, 0.1) is 40.7 Å². The number of nitrogens with zero attached hydrogens (tertiary/aromatic N) is 2. The number of pyridine rings is 1. The Kier molecular flexibility index (Phi) is 5.87. The van der Waals surface area contributed by atoms with Gasteiger partial charge < -0.3 is 0 Å². The molecular formula is C32H27IrN2-. The van der Waals surface area contributed by atoms with Crippen LogP contribution in [0.3, 0.4) is 0 Å². The van der Waals surface area contributed by atoms with Crippen molar-refractivity contribution in [3.8, 4) is 22.3 Å². The van der Waals surface area contributed by atoms with E-state index >= 15 is 0 Å². The molecule has 0 saturated heterocycles. The molecule has 175 valence electrons. The predicted molar refractivity (Wildman–Crippen MR) is 144 cm³/mol. The maximum absolute atomic E-state index is 4.86. The molecule has 0 aliphatic rings. The van der Waals surface area contributed by atoms with E-state index in [1.165, 1.54) is 60.7 Å². The molecule has 0 N–H and O–H groups in total. The summed E-state index contributed by atoms with van der Waals surface area (Å²) < 4.78 is 2.07. The van der Waals surface area contributed by atoms with Gasteiger partial charge in [-0.2, -0.15) is 23.3 Å². The van der Waals surface area contributed by atoms with Gasteiger partial charge in [0.2, 0.25) is 0 Å². The van der Waals surface area contributed by atoms with E-state index in [-0.39, 0.29) is 20.1 Å². The van der Waals surface area contributed by atoms with E-state index in [4.69, 9.17) is 5.10 Å². The van der Waals surface area contributed by atoms with Gasteiger partial charge >= 0.3 is 0 Å². The fourth-order valence-electron chi connectivity index (χ4n) is 5.53. The smallest absolute Gasteiger partial charge is 0.0714 e. The van der Waals surface area contributed by atoms with Crippen molar-refractivity contribution in [2.45, 2.75) is 34.6 Å². The average molecular weight is 632 g/mol. The summed E-state index contributed by atoms with van der Waals surface area (Å²) in [5, 5.41) is 8.52. The number of rotatable bonds is 2. The summed E-state index contributed by atoms with van der Waals surface area (Å²) in [6.07, 6.45) is 0. The van der Waals surface area contributed by atoms with Crippen molar-refractivity contribution in [3.63, 3.8) is 0 Å². The van der Waals surface area contributed by atoms with E-state index in [9.17, 15) is 0 Å².